The van der Waals surface area contributed by atoms with Crippen LogP contribution in [0.15, 0.2) is 77.6 Å². The molecule has 6 heteroatoms. The van der Waals surface area contributed by atoms with Crippen LogP contribution in [0.2, 0.25) is 0 Å². The largest absolute Gasteiger partial charge is 0.328 e. The van der Waals surface area contributed by atoms with E-state index in [1.165, 1.54) is 16.8 Å². The van der Waals surface area contributed by atoms with E-state index in [0.717, 1.165) is 18.7 Å². The predicted molar refractivity (Wildman–Crippen MR) is 108 cm³/mol. The number of aromatic nitrogens is 2. The number of carbonyl (C=O) groups excluding carboxylic acids is 1. The number of piperazine rings is 1. The van der Waals surface area contributed by atoms with E-state index >= 15 is 0 Å². The third-order valence-corrected chi connectivity index (χ3v) is 5.05. The van der Waals surface area contributed by atoms with E-state index in [1.54, 1.807) is 12.1 Å². The van der Waals surface area contributed by atoms with Crippen LogP contribution in [0.25, 0.3) is 5.69 Å². The molecule has 0 bridgehead atoms. The molecule has 3 aromatic rings. The average molecular weight is 374 g/mol. The van der Waals surface area contributed by atoms with Crippen LogP contribution < -0.4 is 5.56 Å². The first-order valence-corrected chi connectivity index (χ1v) is 9.34. The smallest absolute Gasteiger partial charge is 0.274 e. The highest BCUT2D eigenvalue weighted by molar-refractivity contribution is 5.92. The van der Waals surface area contributed by atoms with Crippen LogP contribution >= 0.6 is 0 Å². The second-order valence-corrected chi connectivity index (χ2v) is 6.99. The molecule has 2 heterocycles. The number of rotatable bonds is 3. The normalized spacial score (nSPS) is 17.5. The molecular formula is C22H22N4O2. The maximum absolute atomic E-state index is 13.3. The number of para-hydroxylation sites is 1. The van der Waals surface area contributed by atoms with Crippen molar-refractivity contribution in [1.29, 1.82) is 0 Å². The number of hydrogen-bond acceptors (Lipinski definition) is 4. The van der Waals surface area contributed by atoms with Gasteiger partial charge in [-0.1, -0.05) is 48.5 Å². The minimum absolute atomic E-state index is 0.0497. The molecule has 28 heavy (non-hydrogen) atoms. The molecule has 1 aliphatic heterocycles. The summed E-state index contributed by atoms with van der Waals surface area (Å²) in [4.78, 5) is 29.7. The number of carbonyl (C=O) groups is 1. The Kier molecular flexibility index (Phi) is 5.04. The molecule has 1 atom stereocenters. The Morgan fingerprint density at radius 2 is 1.61 bits per heavy atom. The van der Waals surface area contributed by atoms with Gasteiger partial charge in [0.2, 0.25) is 0 Å². The van der Waals surface area contributed by atoms with Crippen molar-refractivity contribution in [2.75, 3.05) is 26.7 Å². The lowest BCUT2D eigenvalue weighted by atomic mass is 10.0. The number of benzene rings is 2. The Balaban J connectivity index is 1.69. The monoisotopic (exact) mass is 374 g/mol. The van der Waals surface area contributed by atoms with E-state index in [1.807, 2.05) is 53.4 Å². The maximum Gasteiger partial charge on any atom is 0.274 e. The standard InChI is InChI=1S/C22H22N4O2/c1-24-14-15-25(20(16-24)17-8-4-2-5-9-17)22(28)19-12-13-21(27)26(23-19)18-10-6-3-7-11-18/h2-13,20H,14-16H2,1H3. The van der Waals surface area contributed by atoms with E-state index in [4.69, 9.17) is 0 Å². The van der Waals surface area contributed by atoms with Gasteiger partial charge in [0.25, 0.3) is 11.5 Å². The molecule has 0 saturated carbocycles. The van der Waals surface area contributed by atoms with Gasteiger partial charge in [0.15, 0.2) is 0 Å². The summed E-state index contributed by atoms with van der Waals surface area (Å²) in [5.74, 6) is -0.161. The zero-order chi connectivity index (χ0) is 19.5. The van der Waals surface area contributed by atoms with Crippen molar-refractivity contribution in [2.45, 2.75) is 6.04 Å². The highest BCUT2D eigenvalue weighted by Crippen LogP contribution is 2.26. The van der Waals surface area contributed by atoms with Gasteiger partial charge in [0.05, 0.1) is 11.7 Å². The van der Waals surface area contributed by atoms with Gasteiger partial charge >= 0.3 is 0 Å². The summed E-state index contributed by atoms with van der Waals surface area (Å²) in [5.41, 5.74) is 1.74. The van der Waals surface area contributed by atoms with E-state index in [0.29, 0.717) is 12.2 Å². The molecule has 1 saturated heterocycles. The van der Waals surface area contributed by atoms with Gasteiger partial charge in [-0.3, -0.25) is 9.59 Å². The Bertz CT molecular complexity index is 1020. The first kappa shape index (κ1) is 18.1. The zero-order valence-corrected chi connectivity index (χ0v) is 15.7. The van der Waals surface area contributed by atoms with Gasteiger partial charge in [0, 0.05) is 25.7 Å². The summed E-state index contributed by atoms with van der Waals surface area (Å²) in [6, 6.07) is 22.0. The van der Waals surface area contributed by atoms with E-state index in [9.17, 15) is 9.59 Å². The molecule has 1 aromatic heterocycles. The van der Waals surface area contributed by atoms with Crippen molar-refractivity contribution in [1.82, 2.24) is 19.6 Å². The van der Waals surface area contributed by atoms with Gasteiger partial charge in [-0.05, 0) is 30.8 Å². The van der Waals surface area contributed by atoms with Crippen molar-refractivity contribution in [2.24, 2.45) is 0 Å². The number of amides is 1. The molecule has 6 nitrogen and oxygen atoms in total. The highest BCUT2D eigenvalue weighted by atomic mass is 16.2. The maximum atomic E-state index is 13.3. The van der Waals surface area contributed by atoms with E-state index < -0.39 is 0 Å². The summed E-state index contributed by atoms with van der Waals surface area (Å²) in [6.45, 7) is 2.17. The summed E-state index contributed by atoms with van der Waals surface area (Å²) in [7, 11) is 2.06. The molecule has 2 aromatic carbocycles. The van der Waals surface area contributed by atoms with Gasteiger partial charge in [0.1, 0.15) is 5.69 Å². The van der Waals surface area contributed by atoms with Crippen molar-refractivity contribution in [3.05, 3.63) is 94.4 Å². The van der Waals surface area contributed by atoms with Crippen LogP contribution in [-0.2, 0) is 0 Å². The lowest BCUT2D eigenvalue weighted by Crippen LogP contribution is -2.49. The van der Waals surface area contributed by atoms with Crippen molar-refractivity contribution in [3.8, 4) is 5.69 Å². The third-order valence-electron chi connectivity index (χ3n) is 5.05. The molecule has 1 fully saturated rings. The first-order valence-electron chi connectivity index (χ1n) is 9.34. The van der Waals surface area contributed by atoms with Crippen LogP contribution in [-0.4, -0.2) is 52.2 Å². The molecule has 0 aliphatic carbocycles. The van der Waals surface area contributed by atoms with Gasteiger partial charge < -0.3 is 9.80 Å². The minimum Gasteiger partial charge on any atom is -0.328 e. The lowest BCUT2D eigenvalue weighted by molar-refractivity contribution is 0.0490. The molecule has 1 unspecified atom stereocenters. The Morgan fingerprint density at radius 3 is 2.32 bits per heavy atom. The van der Waals surface area contributed by atoms with Crippen LogP contribution in [0.1, 0.15) is 22.1 Å². The molecule has 1 aliphatic rings. The second-order valence-electron chi connectivity index (χ2n) is 6.99. The molecular weight excluding hydrogens is 352 g/mol. The summed E-state index contributed by atoms with van der Waals surface area (Å²) in [6.07, 6.45) is 0. The van der Waals surface area contributed by atoms with Crippen molar-refractivity contribution >= 4 is 5.91 Å². The Hall–Kier alpha value is -3.25. The van der Waals surface area contributed by atoms with E-state index in [2.05, 4.69) is 17.0 Å². The lowest BCUT2D eigenvalue weighted by Gasteiger charge is -2.40. The van der Waals surface area contributed by atoms with Crippen molar-refractivity contribution < 1.29 is 4.79 Å². The van der Waals surface area contributed by atoms with Crippen LogP contribution in [0.5, 0.6) is 0 Å². The zero-order valence-electron chi connectivity index (χ0n) is 15.7. The SMILES string of the molecule is CN1CCN(C(=O)c2ccc(=O)n(-c3ccccc3)n2)C(c2ccccc2)C1. The second kappa shape index (κ2) is 7.78. The molecule has 0 N–H and O–H groups in total. The summed E-state index contributed by atoms with van der Waals surface area (Å²) >= 11 is 0. The average Bonchev–Trinajstić information content (AvgIpc) is 2.75. The molecule has 4 rings (SSSR count). The van der Waals surface area contributed by atoms with Crippen LogP contribution in [0.4, 0.5) is 0 Å². The van der Waals surface area contributed by atoms with Gasteiger partial charge in [-0.15, -0.1) is 0 Å². The van der Waals surface area contributed by atoms with Crippen LogP contribution in [0, 0.1) is 0 Å². The number of nitrogens with zero attached hydrogens (tertiary/aromatic N) is 4. The quantitative estimate of drug-likeness (QED) is 0.706. The molecule has 142 valence electrons. The number of hydrogen-bond donors (Lipinski definition) is 0. The van der Waals surface area contributed by atoms with Gasteiger partial charge in [-0.2, -0.15) is 9.78 Å². The minimum atomic E-state index is -0.263. The molecule has 0 spiro atoms. The Labute approximate surface area is 163 Å². The molecule has 1 amide bonds. The van der Waals surface area contributed by atoms with E-state index in [-0.39, 0.29) is 23.2 Å². The predicted octanol–water partition coefficient (Wildman–Crippen LogP) is 2.36. The molecule has 0 radical (unpaired) electrons. The fraction of sp³-hybridized carbons (Fsp3) is 0.227. The van der Waals surface area contributed by atoms with Gasteiger partial charge in [-0.25, -0.2) is 0 Å². The van der Waals surface area contributed by atoms with Crippen molar-refractivity contribution in [3.63, 3.8) is 0 Å². The first-order chi connectivity index (χ1) is 13.6. The Morgan fingerprint density at radius 1 is 0.929 bits per heavy atom. The fourth-order valence-electron chi connectivity index (χ4n) is 3.55. The highest BCUT2D eigenvalue weighted by Gasteiger charge is 2.31. The topological polar surface area (TPSA) is 58.4 Å². The van der Waals surface area contributed by atoms with Crippen LogP contribution in [0.3, 0.4) is 0 Å². The summed E-state index contributed by atoms with van der Waals surface area (Å²) < 4.78 is 1.28. The summed E-state index contributed by atoms with van der Waals surface area (Å²) in [5, 5.41) is 4.36. The number of likely N-dealkylation sites (N-methyl/N-ethyl adjacent to an activating group) is 1. The third kappa shape index (κ3) is 3.59. The fourth-order valence-corrected chi connectivity index (χ4v) is 3.55.